The third-order valence-corrected chi connectivity index (χ3v) is 7.96. The molecule has 1 aliphatic heterocycles. The Morgan fingerprint density at radius 3 is 2.51 bits per heavy atom. The molecule has 8 heteroatoms. The van der Waals surface area contributed by atoms with Crippen LogP contribution in [0.1, 0.15) is 39.9 Å². The van der Waals surface area contributed by atoms with Crippen LogP contribution in [0, 0.1) is 5.82 Å². The van der Waals surface area contributed by atoms with Crippen molar-refractivity contribution in [2.45, 2.75) is 49.6 Å². The van der Waals surface area contributed by atoms with Crippen LogP contribution < -0.4 is 16.0 Å². The van der Waals surface area contributed by atoms with E-state index in [1.54, 1.807) is 23.9 Å². The lowest BCUT2D eigenvalue weighted by atomic mass is 9.97. The number of amides is 1. The van der Waals surface area contributed by atoms with Gasteiger partial charge in [-0.05, 0) is 78.6 Å². The van der Waals surface area contributed by atoms with Gasteiger partial charge in [-0.2, -0.15) is 24.4 Å². The smallest absolute Gasteiger partial charge is 0.252 e. The zero-order valence-electron chi connectivity index (χ0n) is 22.2. The molecule has 1 fully saturated rings. The predicted octanol–water partition coefficient (Wildman–Crippen LogP) is 5.30. The minimum absolute atomic E-state index is 0.000665. The van der Waals surface area contributed by atoms with Crippen molar-refractivity contribution in [3.63, 3.8) is 0 Å². The Bertz CT molecular complexity index is 1240. The SMILES string of the molecule is CSCC[C@H](NC(=O)c1cc(N[C@@H]2CC(S)CN2)ccc1CCc1ccc(F)cc1)C(=O)Cc1ccccc1. The average molecular weight is 566 g/mol. The Morgan fingerprint density at radius 1 is 1.05 bits per heavy atom. The van der Waals surface area contributed by atoms with Gasteiger partial charge >= 0.3 is 0 Å². The Balaban J connectivity index is 1.54. The first-order chi connectivity index (χ1) is 18.9. The van der Waals surface area contributed by atoms with Gasteiger partial charge in [0.15, 0.2) is 5.78 Å². The second-order valence-electron chi connectivity index (χ2n) is 9.93. The average Bonchev–Trinajstić information content (AvgIpc) is 3.35. The maximum atomic E-state index is 13.7. The lowest BCUT2D eigenvalue weighted by molar-refractivity contribution is -0.120. The quantitative estimate of drug-likeness (QED) is 0.212. The lowest BCUT2D eigenvalue weighted by Gasteiger charge is -2.20. The number of hydrogen-bond donors (Lipinski definition) is 4. The summed E-state index contributed by atoms with van der Waals surface area (Å²) in [5.41, 5.74) is 4.19. The van der Waals surface area contributed by atoms with Gasteiger partial charge in [-0.3, -0.25) is 14.9 Å². The summed E-state index contributed by atoms with van der Waals surface area (Å²) < 4.78 is 13.4. The molecule has 5 nitrogen and oxygen atoms in total. The fourth-order valence-electron chi connectivity index (χ4n) is 4.76. The predicted molar refractivity (Wildman–Crippen MR) is 162 cm³/mol. The van der Waals surface area contributed by atoms with Crippen LogP contribution >= 0.6 is 24.4 Å². The zero-order valence-corrected chi connectivity index (χ0v) is 23.9. The van der Waals surface area contributed by atoms with Crippen LogP contribution in [-0.2, 0) is 24.1 Å². The van der Waals surface area contributed by atoms with Crippen LogP contribution in [0.3, 0.4) is 0 Å². The molecular weight excluding hydrogens is 529 g/mol. The maximum absolute atomic E-state index is 13.7. The number of hydrogen-bond acceptors (Lipinski definition) is 6. The van der Waals surface area contributed by atoms with Crippen LogP contribution in [0.5, 0.6) is 0 Å². The van der Waals surface area contributed by atoms with Crippen molar-refractivity contribution >= 4 is 41.8 Å². The number of nitrogens with one attached hydrogen (secondary N) is 3. The molecule has 1 aliphatic rings. The molecular formula is C31H36FN3O2S2. The number of rotatable bonds is 13. The third kappa shape index (κ3) is 8.85. The van der Waals surface area contributed by atoms with Crippen LogP contribution in [0.4, 0.5) is 10.1 Å². The molecule has 0 aromatic heterocycles. The van der Waals surface area contributed by atoms with E-state index in [-0.39, 0.29) is 35.3 Å². The van der Waals surface area contributed by atoms with Crippen molar-refractivity contribution < 1.29 is 14.0 Å². The standard InChI is InChI=1S/C31H36FN3O2S2/c1-39-16-15-28(29(36)17-22-5-3-2-4-6-22)35-31(37)27-18-25(34-30-19-26(38)20-33-30)14-11-23(27)10-7-21-8-12-24(32)13-9-21/h2-6,8-9,11-14,18,26,28,30,33-34,38H,7,10,15-17,19-20H2,1H3,(H,35,37)/t26?,28-,30+/m0/s1. The molecule has 39 heavy (non-hydrogen) atoms. The van der Waals surface area contributed by atoms with Gasteiger partial charge in [-0.15, -0.1) is 0 Å². The van der Waals surface area contributed by atoms with Crippen LogP contribution in [0.15, 0.2) is 72.8 Å². The summed E-state index contributed by atoms with van der Waals surface area (Å²) in [7, 11) is 0. The van der Waals surface area contributed by atoms with Gasteiger partial charge < -0.3 is 10.6 Å². The van der Waals surface area contributed by atoms with Gasteiger partial charge in [0.2, 0.25) is 0 Å². The highest BCUT2D eigenvalue weighted by Gasteiger charge is 2.24. The Labute approximate surface area is 240 Å². The van der Waals surface area contributed by atoms with Gasteiger partial charge in [0.05, 0.1) is 12.2 Å². The molecule has 3 aromatic rings. The molecule has 1 heterocycles. The number of carbonyl (C=O) groups is 2. The summed E-state index contributed by atoms with van der Waals surface area (Å²) in [6.45, 7) is 0.824. The number of thiol groups is 1. The van der Waals surface area contributed by atoms with E-state index >= 15 is 0 Å². The summed E-state index contributed by atoms with van der Waals surface area (Å²) in [6, 6.07) is 21.3. The van der Waals surface area contributed by atoms with Crippen molar-refractivity contribution in [1.82, 2.24) is 10.6 Å². The largest absolute Gasteiger partial charge is 0.370 e. The van der Waals surface area contributed by atoms with Crippen LogP contribution in [-0.4, -0.2) is 47.7 Å². The number of Topliss-reactive ketones (excluding diaryl/α,β-unsaturated/α-hetero) is 1. The number of ketones is 1. The molecule has 0 aliphatic carbocycles. The van der Waals surface area contributed by atoms with Crippen LogP contribution in [0.25, 0.3) is 0 Å². The van der Waals surface area contributed by atoms with Crippen molar-refractivity contribution in [3.8, 4) is 0 Å². The van der Waals surface area contributed by atoms with Crippen molar-refractivity contribution in [2.75, 3.05) is 23.9 Å². The van der Waals surface area contributed by atoms with E-state index in [4.69, 9.17) is 0 Å². The van der Waals surface area contributed by atoms with Crippen LogP contribution in [0.2, 0.25) is 0 Å². The molecule has 0 spiro atoms. The second kappa shape index (κ2) is 14.5. The van der Waals surface area contributed by atoms with E-state index in [1.807, 2.05) is 54.8 Å². The highest BCUT2D eigenvalue weighted by atomic mass is 32.2. The van der Waals surface area contributed by atoms with E-state index in [0.29, 0.717) is 24.8 Å². The van der Waals surface area contributed by atoms with E-state index in [2.05, 4.69) is 28.6 Å². The molecule has 0 radical (unpaired) electrons. The van der Waals surface area contributed by atoms with E-state index in [9.17, 15) is 14.0 Å². The fraction of sp³-hybridized carbons (Fsp3) is 0.355. The Hall–Kier alpha value is -2.81. The highest BCUT2D eigenvalue weighted by molar-refractivity contribution is 7.98. The number of carbonyl (C=O) groups excluding carboxylic acids is 2. The number of aryl methyl sites for hydroxylation is 2. The van der Waals surface area contributed by atoms with Gasteiger partial charge in [0.1, 0.15) is 5.82 Å². The molecule has 1 amide bonds. The number of thioether (sulfide) groups is 1. The molecule has 206 valence electrons. The topological polar surface area (TPSA) is 70.2 Å². The van der Waals surface area contributed by atoms with Crippen molar-refractivity contribution in [2.24, 2.45) is 0 Å². The van der Waals surface area contributed by atoms with E-state index in [1.165, 1.54) is 12.1 Å². The first kappa shape index (κ1) is 29.2. The number of benzene rings is 3. The zero-order chi connectivity index (χ0) is 27.6. The summed E-state index contributed by atoms with van der Waals surface area (Å²) in [4.78, 5) is 27.0. The molecule has 3 atom stereocenters. The second-order valence-corrected chi connectivity index (χ2v) is 11.6. The van der Waals surface area contributed by atoms with Gasteiger partial charge in [-0.25, -0.2) is 4.39 Å². The molecule has 0 saturated carbocycles. The summed E-state index contributed by atoms with van der Waals surface area (Å²) in [5.74, 6) is 0.241. The first-order valence-electron chi connectivity index (χ1n) is 13.3. The van der Waals surface area contributed by atoms with Crippen molar-refractivity contribution in [1.29, 1.82) is 0 Å². The number of halogens is 1. The Morgan fingerprint density at radius 2 is 1.82 bits per heavy atom. The van der Waals surface area contributed by atoms with Crippen molar-refractivity contribution in [3.05, 3.63) is 101 Å². The molecule has 3 aromatic carbocycles. The number of anilines is 1. The molecule has 3 N–H and O–H groups in total. The fourth-order valence-corrected chi connectivity index (χ4v) is 5.55. The molecule has 1 saturated heterocycles. The summed E-state index contributed by atoms with van der Waals surface area (Å²) in [5, 5.41) is 10.2. The lowest BCUT2D eigenvalue weighted by Crippen LogP contribution is -2.42. The molecule has 4 rings (SSSR count). The maximum Gasteiger partial charge on any atom is 0.252 e. The highest BCUT2D eigenvalue weighted by Crippen LogP contribution is 2.22. The Kier molecular flexibility index (Phi) is 10.9. The molecule has 1 unspecified atom stereocenters. The molecule has 0 bridgehead atoms. The minimum Gasteiger partial charge on any atom is -0.370 e. The van der Waals surface area contributed by atoms with E-state index < -0.39 is 6.04 Å². The minimum atomic E-state index is -0.576. The van der Waals surface area contributed by atoms with E-state index in [0.717, 1.165) is 41.1 Å². The van der Waals surface area contributed by atoms with Gasteiger partial charge in [0.25, 0.3) is 5.91 Å². The third-order valence-electron chi connectivity index (χ3n) is 6.93. The first-order valence-corrected chi connectivity index (χ1v) is 15.2. The summed E-state index contributed by atoms with van der Waals surface area (Å²) >= 11 is 6.21. The van der Waals surface area contributed by atoms with Gasteiger partial charge in [0, 0.05) is 29.5 Å². The normalized spacial score (nSPS) is 17.5. The summed E-state index contributed by atoms with van der Waals surface area (Å²) in [6.07, 6.45) is 5.07. The monoisotopic (exact) mass is 565 g/mol. The van der Waals surface area contributed by atoms with Gasteiger partial charge in [-0.1, -0.05) is 48.5 Å².